The van der Waals surface area contributed by atoms with Gasteiger partial charge in [-0.25, -0.2) is 0 Å². The predicted octanol–water partition coefficient (Wildman–Crippen LogP) is 3.80. The van der Waals surface area contributed by atoms with E-state index in [4.69, 9.17) is 9.47 Å². The van der Waals surface area contributed by atoms with Gasteiger partial charge in [0.1, 0.15) is 5.75 Å². The number of anilines is 1. The molecule has 0 aliphatic carbocycles. The van der Waals surface area contributed by atoms with E-state index >= 15 is 0 Å². The fraction of sp³-hybridized carbons (Fsp3) is 0.278. The second-order valence-electron chi connectivity index (χ2n) is 4.85. The smallest absolute Gasteiger partial charge is 0.308 e. The molecule has 4 heteroatoms. The van der Waals surface area contributed by atoms with Crippen molar-refractivity contribution < 1.29 is 14.3 Å². The number of carbonyl (C=O) groups is 1. The fourth-order valence-electron chi connectivity index (χ4n) is 2.21. The molecular formula is C18H21NO3. The first kappa shape index (κ1) is 15.9. The quantitative estimate of drug-likeness (QED) is 0.790. The Hall–Kier alpha value is -2.49. The molecule has 0 spiro atoms. The van der Waals surface area contributed by atoms with Gasteiger partial charge in [-0.15, -0.1) is 0 Å². The minimum atomic E-state index is -0.216. The third-order valence-electron chi connectivity index (χ3n) is 3.31. The lowest BCUT2D eigenvalue weighted by Gasteiger charge is -2.20. The first-order chi connectivity index (χ1) is 10.7. The Morgan fingerprint density at radius 3 is 2.36 bits per heavy atom. The molecule has 0 fully saturated rings. The lowest BCUT2D eigenvalue weighted by atomic mass is 10.0. The lowest BCUT2D eigenvalue weighted by Crippen LogP contribution is -2.17. The highest BCUT2D eigenvalue weighted by Gasteiger charge is 2.17. The summed E-state index contributed by atoms with van der Waals surface area (Å²) in [6.45, 7) is 2.20. The third kappa shape index (κ3) is 4.52. The van der Waals surface area contributed by atoms with Gasteiger partial charge < -0.3 is 14.8 Å². The minimum absolute atomic E-state index is 0.146. The summed E-state index contributed by atoms with van der Waals surface area (Å²) in [7, 11) is 1.63. The van der Waals surface area contributed by atoms with Crippen LogP contribution in [0.25, 0.3) is 0 Å². The van der Waals surface area contributed by atoms with E-state index in [0.717, 1.165) is 17.0 Å². The first-order valence-electron chi connectivity index (χ1n) is 7.34. The van der Waals surface area contributed by atoms with Gasteiger partial charge in [-0.2, -0.15) is 0 Å². The molecule has 0 radical (unpaired) electrons. The molecule has 0 aromatic heterocycles. The van der Waals surface area contributed by atoms with Crippen LogP contribution in [0.2, 0.25) is 0 Å². The standard InChI is InChI=1S/C18H21NO3/c1-3-22-18(20)13-17(19-15-7-5-4-6-8-15)14-9-11-16(21-2)12-10-14/h4-12,17,19H,3,13H2,1-2H3/t17-/m0/s1. The molecule has 2 aromatic carbocycles. The number of rotatable bonds is 7. The third-order valence-corrected chi connectivity index (χ3v) is 3.31. The molecule has 0 aliphatic heterocycles. The SMILES string of the molecule is CCOC(=O)C[C@H](Nc1ccccc1)c1ccc(OC)cc1. The molecule has 0 amide bonds. The summed E-state index contributed by atoms with van der Waals surface area (Å²) in [6, 6.07) is 17.4. The van der Waals surface area contributed by atoms with Crippen molar-refractivity contribution >= 4 is 11.7 Å². The maximum absolute atomic E-state index is 11.9. The van der Waals surface area contributed by atoms with Crippen LogP contribution in [0.1, 0.15) is 24.9 Å². The monoisotopic (exact) mass is 299 g/mol. The summed E-state index contributed by atoms with van der Waals surface area (Å²) in [6.07, 6.45) is 0.273. The van der Waals surface area contributed by atoms with Gasteiger partial charge in [0.25, 0.3) is 0 Å². The van der Waals surface area contributed by atoms with E-state index in [0.29, 0.717) is 6.61 Å². The Morgan fingerprint density at radius 2 is 1.77 bits per heavy atom. The Morgan fingerprint density at radius 1 is 1.09 bits per heavy atom. The fourth-order valence-corrected chi connectivity index (χ4v) is 2.21. The van der Waals surface area contributed by atoms with Gasteiger partial charge in [0, 0.05) is 5.69 Å². The van der Waals surface area contributed by atoms with Crippen LogP contribution in [0.15, 0.2) is 54.6 Å². The largest absolute Gasteiger partial charge is 0.497 e. The minimum Gasteiger partial charge on any atom is -0.497 e. The van der Waals surface area contributed by atoms with Crippen LogP contribution in [0.5, 0.6) is 5.75 Å². The van der Waals surface area contributed by atoms with Gasteiger partial charge in [-0.1, -0.05) is 30.3 Å². The Labute approximate surface area is 131 Å². The molecule has 0 saturated carbocycles. The van der Waals surface area contributed by atoms with E-state index in [1.54, 1.807) is 7.11 Å². The summed E-state index contributed by atoms with van der Waals surface area (Å²) < 4.78 is 10.2. The zero-order chi connectivity index (χ0) is 15.8. The van der Waals surface area contributed by atoms with Crippen molar-refractivity contribution in [3.63, 3.8) is 0 Å². The molecule has 4 nitrogen and oxygen atoms in total. The highest BCUT2D eigenvalue weighted by atomic mass is 16.5. The van der Waals surface area contributed by atoms with Crippen molar-refractivity contribution in [1.29, 1.82) is 0 Å². The van der Waals surface area contributed by atoms with Gasteiger partial charge in [0.2, 0.25) is 0 Å². The van der Waals surface area contributed by atoms with Crippen molar-refractivity contribution in [2.24, 2.45) is 0 Å². The van der Waals surface area contributed by atoms with Gasteiger partial charge in [-0.3, -0.25) is 4.79 Å². The Balaban J connectivity index is 2.17. The molecule has 1 N–H and O–H groups in total. The van der Waals surface area contributed by atoms with Crippen LogP contribution in [-0.2, 0) is 9.53 Å². The van der Waals surface area contributed by atoms with E-state index in [2.05, 4.69) is 5.32 Å². The molecule has 0 saturated heterocycles. The average molecular weight is 299 g/mol. The van der Waals surface area contributed by atoms with Crippen molar-refractivity contribution in [3.8, 4) is 5.75 Å². The maximum atomic E-state index is 11.9. The molecule has 22 heavy (non-hydrogen) atoms. The van der Waals surface area contributed by atoms with Gasteiger partial charge in [0.05, 0.1) is 26.2 Å². The van der Waals surface area contributed by atoms with E-state index < -0.39 is 0 Å². The normalized spacial score (nSPS) is 11.5. The number of carbonyl (C=O) groups excluding carboxylic acids is 1. The van der Waals surface area contributed by atoms with Gasteiger partial charge >= 0.3 is 5.97 Å². The van der Waals surface area contributed by atoms with Crippen LogP contribution >= 0.6 is 0 Å². The second-order valence-corrected chi connectivity index (χ2v) is 4.85. The predicted molar refractivity (Wildman–Crippen MR) is 87.0 cm³/mol. The summed E-state index contributed by atoms with van der Waals surface area (Å²) in [5.41, 5.74) is 1.98. The number of para-hydroxylation sites is 1. The molecule has 0 heterocycles. The molecule has 1 atom stereocenters. The van der Waals surface area contributed by atoms with Crippen molar-refractivity contribution in [2.45, 2.75) is 19.4 Å². The molecule has 0 aliphatic rings. The molecule has 0 unspecified atom stereocenters. The summed E-state index contributed by atoms with van der Waals surface area (Å²) in [5, 5.41) is 3.38. The van der Waals surface area contributed by atoms with E-state index in [9.17, 15) is 4.79 Å². The summed E-state index contributed by atoms with van der Waals surface area (Å²) in [5.74, 6) is 0.574. The molecule has 116 valence electrons. The molecule has 0 bridgehead atoms. The van der Waals surface area contributed by atoms with Crippen LogP contribution in [0, 0.1) is 0 Å². The van der Waals surface area contributed by atoms with Crippen LogP contribution in [-0.4, -0.2) is 19.7 Å². The molecule has 2 rings (SSSR count). The number of hydrogen-bond donors (Lipinski definition) is 1. The summed E-state index contributed by atoms with van der Waals surface area (Å²) >= 11 is 0. The van der Waals surface area contributed by atoms with E-state index in [1.807, 2.05) is 61.5 Å². The summed E-state index contributed by atoms with van der Waals surface area (Å²) in [4.78, 5) is 11.9. The van der Waals surface area contributed by atoms with Crippen molar-refractivity contribution in [1.82, 2.24) is 0 Å². The average Bonchev–Trinajstić information content (AvgIpc) is 2.55. The molecular weight excluding hydrogens is 278 g/mol. The highest BCUT2D eigenvalue weighted by Crippen LogP contribution is 2.25. The zero-order valence-electron chi connectivity index (χ0n) is 12.9. The number of benzene rings is 2. The van der Waals surface area contributed by atoms with E-state index in [-0.39, 0.29) is 18.4 Å². The van der Waals surface area contributed by atoms with Gasteiger partial charge in [-0.05, 0) is 36.8 Å². The number of hydrogen-bond acceptors (Lipinski definition) is 4. The zero-order valence-corrected chi connectivity index (χ0v) is 12.9. The van der Waals surface area contributed by atoms with E-state index in [1.165, 1.54) is 0 Å². The molecule has 2 aromatic rings. The highest BCUT2D eigenvalue weighted by molar-refractivity contribution is 5.71. The van der Waals surface area contributed by atoms with Crippen LogP contribution in [0.4, 0.5) is 5.69 Å². The van der Waals surface area contributed by atoms with Crippen LogP contribution in [0.3, 0.4) is 0 Å². The lowest BCUT2D eigenvalue weighted by molar-refractivity contribution is -0.143. The maximum Gasteiger partial charge on any atom is 0.308 e. The second kappa shape index (κ2) is 8.08. The van der Waals surface area contributed by atoms with Crippen molar-refractivity contribution in [2.75, 3.05) is 19.0 Å². The number of ether oxygens (including phenoxy) is 2. The Bertz CT molecular complexity index is 581. The first-order valence-corrected chi connectivity index (χ1v) is 7.34. The van der Waals surface area contributed by atoms with Crippen molar-refractivity contribution in [3.05, 3.63) is 60.2 Å². The Kier molecular flexibility index (Phi) is 5.83. The van der Waals surface area contributed by atoms with Gasteiger partial charge in [0.15, 0.2) is 0 Å². The number of methoxy groups -OCH3 is 1. The number of esters is 1. The topological polar surface area (TPSA) is 47.6 Å². The van der Waals surface area contributed by atoms with Crippen LogP contribution < -0.4 is 10.1 Å². The number of nitrogens with one attached hydrogen (secondary N) is 1.